The highest BCUT2D eigenvalue weighted by Crippen LogP contribution is 2.15. The first-order valence-corrected chi connectivity index (χ1v) is 6.39. The molecular formula is C15H19N3O. The predicted molar refractivity (Wildman–Crippen MR) is 78.4 cm³/mol. The van der Waals surface area contributed by atoms with Gasteiger partial charge < -0.3 is 15.8 Å². The highest BCUT2D eigenvalue weighted by Gasteiger charge is 1.99. The third kappa shape index (κ3) is 4.17. The number of nitrogens with one attached hydrogen (secondary N) is 1. The normalized spacial score (nSPS) is 10.2. The van der Waals surface area contributed by atoms with E-state index in [1.807, 2.05) is 43.3 Å². The molecule has 0 saturated heterocycles. The highest BCUT2D eigenvalue weighted by atomic mass is 16.5. The Morgan fingerprint density at radius 3 is 2.79 bits per heavy atom. The summed E-state index contributed by atoms with van der Waals surface area (Å²) in [4.78, 5) is 4.26. The van der Waals surface area contributed by atoms with E-state index < -0.39 is 0 Å². The van der Waals surface area contributed by atoms with Crippen molar-refractivity contribution in [3.63, 3.8) is 0 Å². The number of nitrogens with two attached hydrogens (primary N) is 1. The predicted octanol–water partition coefficient (Wildman–Crippen LogP) is 2.85. The number of pyridine rings is 1. The molecule has 0 fully saturated rings. The lowest BCUT2D eigenvalue weighted by Gasteiger charge is -2.09. The number of hydrogen-bond acceptors (Lipinski definition) is 4. The number of aromatic nitrogens is 1. The molecule has 4 nitrogen and oxygen atoms in total. The molecule has 0 saturated carbocycles. The fourth-order valence-corrected chi connectivity index (χ4v) is 1.73. The van der Waals surface area contributed by atoms with E-state index in [4.69, 9.17) is 10.5 Å². The number of nitrogen functional groups attached to an aromatic ring is 1. The Bertz CT molecular complexity index is 514. The number of hydrogen-bond donors (Lipinski definition) is 2. The van der Waals surface area contributed by atoms with Gasteiger partial charge in [0.15, 0.2) is 0 Å². The van der Waals surface area contributed by atoms with E-state index in [-0.39, 0.29) is 0 Å². The molecule has 2 aromatic rings. The second-order valence-electron chi connectivity index (χ2n) is 4.39. The lowest BCUT2D eigenvalue weighted by atomic mass is 10.3. The average Bonchev–Trinajstić information content (AvgIpc) is 2.42. The minimum Gasteiger partial charge on any atom is -0.494 e. The van der Waals surface area contributed by atoms with Crippen molar-refractivity contribution in [3.05, 3.63) is 48.2 Å². The van der Waals surface area contributed by atoms with Crippen LogP contribution in [0.25, 0.3) is 0 Å². The molecule has 0 unspecified atom stereocenters. The molecule has 2 rings (SSSR count). The number of para-hydroxylation sites is 1. The maximum Gasteiger partial charge on any atom is 0.149 e. The number of aryl methyl sites for hydroxylation is 1. The van der Waals surface area contributed by atoms with Gasteiger partial charge in [-0.1, -0.05) is 18.2 Å². The monoisotopic (exact) mass is 257 g/mol. The van der Waals surface area contributed by atoms with Crippen molar-refractivity contribution in [2.75, 3.05) is 24.2 Å². The van der Waals surface area contributed by atoms with E-state index in [0.717, 1.165) is 30.1 Å². The second kappa shape index (κ2) is 6.64. The zero-order valence-corrected chi connectivity index (χ0v) is 11.1. The molecule has 1 aromatic carbocycles. The summed E-state index contributed by atoms with van der Waals surface area (Å²) < 4.78 is 5.60. The lowest BCUT2D eigenvalue weighted by molar-refractivity contribution is 0.315. The summed E-state index contributed by atoms with van der Waals surface area (Å²) in [6, 6.07) is 11.7. The first kappa shape index (κ1) is 13.2. The van der Waals surface area contributed by atoms with E-state index in [1.54, 1.807) is 6.20 Å². The Morgan fingerprint density at radius 1 is 1.26 bits per heavy atom. The second-order valence-corrected chi connectivity index (χ2v) is 4.39. The van der Waals surface area contributed by atoms with Crippen LogP contribution in [0.3, 0.4) is 0 Å². The van der Waals surface area contributed by atoms with Gasteiger partial charge in [0.2, 0.25) is 0 Å². The van der Waals surface area contributed by atoms with Crippen molar-refractivity contribution in [2.45, 2.75) is 13.3 Å². The lowest BCUT2D eigenvalue weighted by Crippen LogP contribution is -2.10. The van der Waals surface area contributed by atoms with Crippen molar-refractivity contribution < 1.29 is 4.74 Å². The van der Waals surface area contributed by atoms with Gasteiger partial charge in [-0.25, -0.2) is 4.98 Å². The highest BCUT2D eigenvalue weighted by molar-refractivity contribution is 5.61. The Balaban J connectivity index is 1.69. The Morgan fingerprint density at radius 2 is 2.05 bits per heavy atom. The van der Waals surface area contributed by atoms with Crippen LogP contribution < -0.4 is 15.8 Å². The van der Waals surface area contributed by atoms with E-state index in [2.05, 4.69) is 10.3 Å². The molecule has 0 amide bonds. The molecular weight excluding hydrogens is 238 g/mol. The summed E-state index contributed by atoms with van der Waals surface area (Å²) in [6.45, 7) is 3.43. The molecule has 1 heterocycles. The Hall–Kier alpha value is -2.23. The fourth-order valence-electron chi connectivity index (χ4n) is 1.73. The Labute approximate surface area is 113 Å². The molecule has 0 bridgehead atoms. The first-order chi connectivity index (χ1) is 9.25. The number of nitrogens with zero attached hydrogens (tertiary/aromatic N) is 1. The van der Waals surface area contributed by atoms with Crippen LogP contribution in [0, 0.1) is 6.92 Å². The summed E-state index contributed by atoms with van der Waals surface area (Å²) in [7, 11) is 0. The number of benzene rings is 1. The number of anilines is 2. The van der Waals surface area contributed by atoms with E-state index in [0.29, 0.717) is 12.3 Å². The SMILES string of the molecule is Cc1cnc(NCCCOc2ccccc2)c(N)c1. The zero-order chi connectivity index (χ0) is 13.5. The minimum atomic E-state index is 0.669. The van der Waals surface area contributed by atoms with Gasteiger partial charge in [-0.15, -0.1) is 0 Å². The molecule has 0 aliphatic heterocycles. The average molecular weight is 257 g/mol. The zero-order valence-electron chi connectivity index (χ0n) is 11.1. The van der Waals surface area contributed by atoms with Gasteiger partial charge in [0.25, 0.3) is 0 Å². The van der Waals surface area contributed by atoms with Crippen LogP contribution in [0.15, 0.2) is 42.6 Å². The molecule has 100 valence electrons. The first-order valence-electron chi connectivity index (χ1n) is 6.39. The summed E-state index contributed by atoms with van der Waals surface area (Å²) in [5, 5.41) is 3.21. The molecule has 1 aromatic heterocycles. The van der Waals surface area contributed by atoms with Gasteiger partial charge >= 0.3 is 0 Å². The van der Waals surface area contributed by atoms with Crippen molar-refractivity contribution in [1.82, 2.24) is 4.98 Å². The number of ether oxygens (including phenoxy) is 1. The standard InChI is InChI=1S/C15H19N3O/c1-12-10-14(16)15(18-11-12)17-8-5-9-19-13-6-3-2-4-7-13/h2-4,6-7,10-11H,5,8-9,16H2,1H3,(H,17,18). The molecule has 0 spiro atoms. The van der Waals surface area contributed by atoms with Crippen molar-refractivity contribution >= 4 is 11.5 Å². The summed E-state index contributed by atoms with van der Waals surface area (Å²) in [5.41, 5.74) is 7.62. The fraction of sp³-hybridized carbons (Fsp3) is 0.267. The van der Waals surface area contributed by atoms with E-state index in [9.17, 15) is 0 Å². The van der Waals surface area contributed by atoms with Gasteiger partial charge in [0.1, 0.15) is 11.6 Å². The third-order valence-corrected chi connectivity index (χ3v) is 2.68. The van der Waals surface area contributed by atoms with Gasteiger partial charge in [0.05, 0.1) is 12.3 Å². The summed E-state index contributed by atoms with van der Waals surface area (Å²) in [5.74, 6) is 1.64. The van der Waals surface area contributed by atoms with Crippen LogP contribution >= 0.6 is 0 Å². The summed E-state index contributed by atoms with van der Waals surface area (Å²) >= 11 is 0. The molecule has 0 aliphatic carbocycles. The Kier molecular flexibility index (Phi) is 4.61. The van der Waals surface area contributed by atoms with Gasteiger partial charge in [-0.2, -0.15) is 0 Å². The maximum absolute atomic E-state index is 5.87. The largest absolute Gasteiger partial charge is 0.494 e. The molecule has 3 N–H and O–H groups in total. The van der Waals surface area contributed by atoms with Crippen LogP contribution in [0.4, 0.5) is 11.5 Å². The topological polar surface area (TPSA) is 60.2 Å². The maximum atomic E-state index is 5.87. The number of rotatable bonds is 6. The van der Waals surface area contributed by atoms with Crippen LogP contribution in [-0.4, -0.2) is 18.1 Å². The molecule has 0 atom stereocenters. The van der Waals surface area contributed by atoms with E-state index >= 15 is 0 Å². The molecule has 4 heteroatoms. The molecule has 0 aliphatic rings. The van der Waals surface area contributed by atoms with Crippen LogP contribution in [0.5, 0.6) is 5.75 Å². The van der Waals surface area contributed by atoms with Crippen molar-refractivity contribution in [3.8, 4) is 5.75 Å². The van der Waals surface area contributed by atoms with Crippen molar-refractivity contribution in [1.29, 1.82) is 0 Å². The van der Waals surface area contributed by atoms with Gasteiger partial charge in [0, 0.05) is 12.7 Å². The van der Waals surface area contributed by atoms with Crippen LogP contribution in [-0.2, 0) is 0 Å². The van der Waals surface area contributed by atoms with Gasteiger partial charge in [-0.05, 0) is 37.1 Å². The van der Waals surface area contributed by atoms with Crippen LogP contribution in [0.2, 0.25) is 0 Å². The van der Waals surface area contributed by atoms with E-state index in [1.165, 1.54) is 0 Å². The third-order valence-electron chi connectivity index (χ3n) is 2.68. The van der Waals surface area contributed by atoms with Crippen LogP contribution in [0.1, 0.15) is 12.0 Å². The molecule has 19 heavy (non-hydrogen) atoms. The minimum absolute atomic E-state index is 0.669. The smallest absolute Gasteiger partial charge is 0.149 e. The quantitative estimate of drug-likeness (QED) is 0.781. The van der Waals surface area contributed by atoms with Crippen molar-refractivity contribution in [2.24, 2.45) is 0 Å². The van der Waals surface area contributed by atoms with Gasteiger partial charge in [-0.3, -0.25) is 0 Å². The molecule has 0 radical (unpaired) electrons. The summed E-state index contributed by atoms with van der Waals surface area (Å²) in [6.07, 6.45) is 2.70.